The fourth-order valence-corrected chi connectivity index (χ4v) is 1.44. The second kappa shape index (κ2) is 5.27. The van der Waals surface area contributed by atoms with Crippen LogP contribution in [0.15, 0.2) is 42.6 Å². The summed E-state index contributed by atoms with van der Waals surface area (Å²) in [4.78, 5) is 15.3. The number of carbonyl (C=O) groups excluding carboxylic acids is 1. The Morgan fingerprint density at radius 1 is 1.28 bits per heavy atom. The molecule has 0 saturated heterocycles. The molecule has 1 aromatic heterocycles. The standard InChI is InChI=1S/C13H11FN2O2/c14-10-5-6-11(15-8-10)13(18)16-7-9-3-1-2-4-12(9)17/h1-6,8,17H,7H2,(H,16,18). The molecular weight excluding hydrogens is 235 g/mol. The van der Waals surface area contributed by atoms with Gasteiger partial charge in [-0.15, -0.1) is 0 Å². The number of benzene rings is 1. The van der Waals surface area contributed by atoms with Gasteiger partial charge in [0, 0.05) is 12.1 Å². The highest BCUT2D eigenvalue weighted by Crippen LogP contribution is 2.14. The SMILES string of the molecule is O=C(NCc1ccccc1O)c1ccc(F)cn1. The van der Waals surface area contributed by atoms with Crippen LogP contribution < -0.4 is 5.32 Å². The van der Waals surface area contributed by atoms with E-state index in [1.54, 1.807) is 18.2 Å². The molecule has 0 spiro atoms. The highest BCUT2D eigenvalue weighted by atomic mass is 19.1. The molecule has 0 unspecified atom stereocenters. The number of halogens is 1. The normalized spacial score (nSPS) is 10.1. The molecule has 2 aromatic rings. The molecule has 1 heterocycles. The van der Waals surface area contributed by atoms with Gasteiger partial charge in [0.05, 0.1) is 6.20 Å². The van der Waals surface area contributed by atoms with Crippen LogP contribution in [0.4, 0.5) is 4.39 Å². The zero-order valence-electron chi connectivity index (χ0n) is 9.43. The Balaban J connectivity index is 2.01. The average Bonchev–Trinajstić information content (AvgIpc) is 2.38. The van der Waals surface area contributed by atoms with Crippen molar-refractivity contribution in [1.82, 2.24) is 10.3 Å². The quantitative estimate of drug-likeness (QED) is 0.868. The smallest absolute Gasteiger partial charge is 0.270 e. The van der Waals surface area contributed by atoms with E-state index < -0.39 is 11.7 Å². The summed E-state index contributed by atoms with van der Waals surface area (Å²) in [7, 11) is 0. The molecular formula is C13H11FN2O2. The van der Waals surface area contributed by atoms with Crippen molar-refractivity contribution >= 4 is 5.91 Å². The topological polar surface area (TPSA) is 62.2 Å². The summed E-state index contributed by atoms with van der Waals surface area (Å²) in [5.74, 6) is -0.796. The number of aromatic hydroxyl groups is 1. The Kier molecular flexibility index (Phi) is 3.52. The third kappa shape index (κ3) is 2.82. The first-order chi connectivity index (χ1) is 8.66. The summed E-state index contributed by atoms with van der Waals surface area (Å²) >= 11 is 0. The highest BCUT2D eigenvalue weighted by molar-refractivity contribution is 5.92. The molecule has 0 atom stereocenters. The zero-order valence-corrected chi connectivity index (χ0v) is 9.43. The Morgan fingerprint density at radius 3 is 2.72 bits per heavy atom. The fourth-order valence-electron chi connectivity index (χ4n) is 1.44. The van der Waals surface area contributed by atoms with Crippen LogP contribution in [0.25, 0.3) is 0 Å². The summed E-state index contributed by atoms with van der Waals surface area (Å²) in [6.45, 7) is 0.185. The average molecular weight is 246 g/mol. The number of phenolic OH excluding ortho intramolecular Hbond substituents is 1. The largest absolute Gasteiger partial charge is 0.508 e. The van der Waals surface area contributed by atoms with Crippen molar-refractivity contribution < 1.29 is 14.3 Å². The van der Waals surface area contributed by atoms with Gasteiger partial charge in [-0.25, -0.2) is 9.37 Å². The lowest BCUT2D eigenvalue weighted by molar-refractivity contribution is 0.0945. The van der Waals surface area contributed by atoms with Crippen LogP contribution >= 0.6 is 0 Å². The van der Waals surface area contributed by atoms with E-state index >= 15 is 0 Å². The Morgan fingerprint density at radius 2 is 2.06 bits per heavy atom. The van der Waals surface area contributed by atoms with Crippen LogP contribution in [0.2, 0.25) is 0 Å². The van der Waals surface area contributed by atoms with E-state index in [0.29, 0.717) is 5.56 Å². The first kappa shape index (κ1) is 12.0. The highest BCUT2D eigenvalue weighted by Gasteiger charge is 2.07. The predicted molar refractivity (Wildman–Crippen MR) is 63.5 cm³/mol. The first-order valence-electron chi connectivity index (χ1n) is 5.33. The Hall–Kier alpha value is -2.43. The van der Waals surface area contributed by atoms with E-state index in [1.807, 2.05) is 0 Å². The van der Waals surface area contributed by atoms with E-state index in [0.717, 1.165) is 6.20 Å². The first-order valence-corrected chi connectivity index (χ1v) is 5.33. The number of aromatic nitrogens is 1. The van der Waals surface area contributed by atoms with Crippen molar-refractivity contribution in [3.8, 4) is 5.75 Å². The van der Waals surface area contributed by atoms with Crippen molar-refractivity contribution in [2.75, 3.05) is 0 Å². The lowest BCUT2D eigenvalue weighted by atomic mass is 10.2. The number of para-hydroxylation sites is 1. The second-order valence-electron chi connectivity index (χ2n) is 3.67. The van der Waals surface area contributed by atoms with Gasteiger partial charge in [0.1, 0.15) is 17.3 Å². The molecule has 0 aliphatic carbocycles. The van der Waals surface area contributed by atoms with Crippen LogP contribution in [0.3, 0.4) is 0 Å². The molecule has 0 fully saturated rings. The molecule has 5 heteroatoms. The maximum Gasteiger partial charge on any atom is 0.270 e. The van der Waals surface area contributed by atoms with E-state index in [1.165, 1.54) is 18.2 Å². The van der Waals surface area contributed by atoms with Gasteiger partial charge in [-0.3, -0.25) is 4.79 Å². The van der Waals surface area contributed by atoms with E-state index in [4.69, 9.17) is 0 Å². The minimum Gasteiger partial charge on any atom is -0.508 e. The van der Waals surface area contributed by atoms with Crippen LogP contribution in [0.1, 0.15) is 16.1 Å². The molecule has 0 saturated carbocycles. The maximum atomic E-state index is 12.6. The summed E-state index contributed by atoms with van der Waals surface area (Å²) in [6.07, 6.45) is 0.981. The lowest BCUT2D eigenvalue weighted by Gasteiger charge is -2.06. The third-order valence-electron chi connectivity index (χ3n) is 2.39. The fraction of sp³-hybridized carbons (Fsp3) is 0.0769. The van der Waals surface area contributed by atoms with Crippen molar-refractivity contribution in [1.29, 1.82) is 0 Å². The van der Waals surface area contributed by atoms with Gasteiger partial charge in [-0.2, -0.15) is 0 Å². The van der Waals surface area contributed by atoms with E-state index in [2.05, 4.69) is 10.3 Å². The van der Waals surface area contributed by atoms with Gasteiger partial charge in [-0.1, -0.05) is 18.2 Å². The van der Waals surface area contributed by atoms with Crippen molar-refractivity contribution in [3.05, 3.63) is 59.7 Å². The number of pyridine rings is 1. The molecule has 18 heavy (non-hydrogen) atoms. The van der Waals surface area contributed by atoms with Gasteiger partial charge in [0.2, 0.25) is 0 Å². The lowest BCUT2D eigenvalue weighted by Crippen LogP contribution is -2.23. The number of hydrogen-bond donors (Lipinski definition) is 2. The second-order valence-corrected chi connectivity index (χ2v) is 3.67. The van der Waals surface area contributed by atoms with Crippen LogP contribution in [-0.4, -0.2) is 16.0 Å². The maximum absolute atomic E-state index is 12.6. The van der Waals surface area contributed by atoms with Gasteiger partial charge >= 0.3 is 0 Å². The Labute approximate surface area is 103 Å². The number of rotatable bonds is 3. The monoisotopic (exact) mass is 246 g/mol. The van der Waals surface area contributed by atoms with E-state index in [-0.39, 0.29) is 18.0 Å². The number of amides is 1. The molecule has 92 valence electrons. The number of hydrogen-bond acceptors (Lipinski definition) is 3. The van der Waals surface area contributed by atoms with Crippen molar-refractivity contribution in [2.45, 2.75) is 6.54 Å². The number of carbonyl (C=O) groups is 1. The molecule has 1 amide bonds. The molecule has 0 aliphatic heterocycles. The van der Waals surface area contributed by atoms with Crippen LogP contribution in [-0.2, 0) is 6.54 Å². The van der Waals surface area contributed by atoms with Crippen molar-refractivity contribution in [3.63, 3.8) is 0 Å². The zero-order chi connectivity index (χ0) is 13.0. The Bertz CT molecular complexity index is 555. The molecule has 0 bridgehead atoms. The number of nitrogens with one attached hydrogen (secondary N) is 1. The van der Waals surface area contributed by atoms with Gasteiger partial charge in [-0.05, 0) is 18.2 Å². The summed E-state index contributed by atoms with van der Waals surface area (Å²) < 4.78 is 12.6. The minimum atomic E-state index is -0.493. The number of phenols is 1. The van der Waals surface area contributed by atoms with E-state index in [9.17, 15) is 14.3 Å². The van der Waals surface area contributed by atoms with Crippen LogP contribution in [0, 0.1) is 5.82 Å². The minimum absolute atomic E-state index is 0.116. The molecule has 1 aromatic carbocycles. The van der Waals surface area contributed by atoms with Crippen LogP contribution in [0.5, 0.6) is 5.75 Å². The molecule has 0 radical (unpaired) electrons. The predicted octanol–water partition coefficient (Wildman–Crippen LogP) is 1.86. The van der Waals surface area contributed by atoms with Crippen molar-refractivity contribution in [2.24, 2.45) is 0 Å². The summed E-state index contributed by atoms with van der Waals surface area (Å²) in [5, 5.41) is 12.1. The van der Waals surface area contributed by atoms with Gasteiger partial charge in [0.15, 0.2) is 0 Å². The van der Waals surface area contributed by atoms with Gasteiger partial charge in [0.25, 0.3) is 5.91 Å². The molecule has 2 rings (SSSR count). The molecule has 0 aliphatic rings. The number of nitrogens with zero attached hydrogens (tertiary/aromatic N) is 1. The van der Waals surface area contributed by atoms with Gasteiger partial charge < -0.3 is 10.4 Å². The summed E-state index contributed by atoms with van der Waals surface area (Å²) in [6, 6.07) is 9.17. The molecule has 2 N–H and O–H groups in total. The third-order valence-corrected chi connectivity index (χ3v) is 2.39. The summed E-state index contributed by atoms with van der Waals surface area (Å²) in [5.41, 5.74) is 0.736. The molecule has 4 nitrogen and oxygen atoms in total.